The van der Waals surface area contributed by atoms with Crippen LogP contribution in [0.1, 0.15) is 44.0 Å². The summed E-state index contributed by atoms with van der Waals surface area (Å²) in [6.45, 7) is 2.12. The number of rotatable bonds is 5. The minimum Gasteiger partial charge on any atom is -0.480 e. The van der Waals surface area contributed by atoms with E-state index < -0.39 is 11.5 Å². The van der Waals surface area contributed by atoms with Crippen LogP contribution in [0.25, 0.3) is 0 Å². The number of thiazole rings is 1. The first-order chi connectivity index (χ1) is 9.52. The third-order valence-electron chi connectivity index (χ3n) is 3.97. The molecule has 5 nitrogen and oxygen atoms in total. The Kier molecular flexibility index (Phi) is 4.75. The van der Waals surface area contributed by atoms with Gasteiger partial charge in [0.25, 0.3) is 0 Å². The van der Waals surface area contributed by atoms with E-state index in [2.05, 4.69) is 17.2 Å². The van der Waals surface area contributed by atoms with Gasteiger partial charge in [-0.3, -0.25) is 4.79 Å². The molecule has 1 saturated carbocycles. The van der Waals surface area contributed by atoms with Gasteiger partial charge in [-0.2, -0.15) is 0 Å². The summed E-state index contributed by atoms with van der Waals surface area (Å²) in [5.41, 5.74) is -1.06. The molecule has 1 fully saturated rings. The zero-order valence-electron chi connectivity index (χ0n) is 11.6. The summed E-state index contributed by atoms with van der Waals surface area (Å²) in [6.07, 6.45) is 5.30. The number of hydrogen-bond donors (Lipinski definition) is 2. The maximum Gasteiger partial charge on any atom is 0.329 e. The number of hydrogen-bond acceptors (Lipinski definition) is 4. The van der Waals surface area contributed by atoms with Crippen molar-refractivity contribution in [1.82, 2.24) is 10.3 Å². The first-order valence-electron chi connectivity index (χ1n) is 6.94. The Morgan fingerprint density at radius 1 is 1.50 bits per heavy atom. The molecule has 110 valence electrons. The van der Waals surface area contributed by atoms with Gasteiger partial charge in [0.05, 0.1) is 5.01 Å². The van der Waals surface area contributed by atoms with Crippen molar-refractivity contribution in [3.05, 3.63) is 16.6 Å². The lowest BCUT2D eigenvalue weighted by molar-refractivity contribution is -0.149. The first-order valence-corrected chi connectivity index (χ1v) is 7.82. The molecule has 1 aliphatic rings. The highest BCUT2D eigenvalue weighted by atomic mass is 32.1. The van der Waals surface area contributed by atoms with Gasteiger partial charge in [-0.1, -0.05) is 6.92 Å². The maximum absolute atomic E-state index is 12.0. The fraction of sp³-hybridized carbons (Fsp3) is 0.643. The van der Waals surface area contributed by atoms with E-state index in [-0.39, 0.29) is 12.3 Å². The van der Waals surface area contributed by atoms with E-state index >= 15 is 0 Å². The van der Waals surface area contributed by atoms with E-state index in [4.69, 9.17) is 0 Å². The van der Waals surface area contributed by atoms with E-state index in [0.717, 1.165) is 17.8 Å². The van der Waals surface area contributed by atoms with Gasteiger partial charge in [-0.25, -0.2) is 9.78 Å². The van der Waals surface area contributed by atoms with E-state index in [9.17, 15) is 14.7 Å². The minimum absolute atomic E-state index is 0.197. The molecule has 2 N–H and O–H groups in total. The first kappa shape index (κ1) is 15.0. The largest absolute Gasteiger partial charge is 0.480 e. The summed E-state index contributed by atoms with van der Waals surface area (Å²) in [5, 5.41) is 15.0. The number of aliphatic carboxylic acids is 1. The molecular weight excluding hydrogens is 276 g/mol. The Morgan fingerprint density at radius 2 is 2.20 bits per heavy atom. The number of carbonyl (C=O) groups excluding carboxylic acids is 1. The maximum atomic E-state index is 12.0. The normalized spacial score (nSPS) is 26.1. The number of carboxylic acids is 1. The van der Waals surface area contributed by atoms with Gasteiger partial charge in [0.15, 0.2) is 0 Å². The zero-order valence-corrected chi connectivity index (χ0v) is 12.4. The number of nitrogens with one attached hydrogen (secondary N) is 1. The molecule has 1 aromatic rings. The standard InChI is InChI=1S/C14H20N2O3S/c1-10-4-6-14(7-5-10,13(18)19)16-11(17)2-3-12-15-8-9-20-12/h8-10H,2-7H2,1H3,(H,16,17)(H,18,19). The van der Waals surface area contributed by atoms with Gasteiger partial charge in [-0.05, 0) is 31.6 Å². The van der Waals surface area contributed by atoms with Crippen LogP contribution >= 0.6 is 11.3 Å². The van der Waals surface area contributed by atoms with E-state index in [1.807, 2.05) is 5.38 Å². The second-order valence-electron chi connectivity index (χ2n) is 5.54. The average Bonchev–Trinajstić information content (AvgIpc) is 2.92. The molecule has 1 aromatic heterocycles. The Hall–Kier alpha value is -1.43. The second kappa shape index (κ2) is 6.35. The zero-order chi connectivity index (χ0) is 14.6. The topological polar surface area (TPSA) is 79.3 Å². The van der Waals surface area contributed by atoms with Crippen LogP contribution in [0, 0.1) is 5.92 Å². The highest BCUT2D eigenvalue weighted by Crippen LogP contribution is 2.32. The highest BCUT2D eigenvalue weighted by Gasteiger charge is 2.42. The summed E-state index contributed by atoms with van der Waals surface area (Å²) in [5.74, 6) is -0.571. The quantitative estimate of drug-likeness (QED) is 0.873. The average molecular weight is 296 g/mol. The number of carbonyl (C=O) groups is 2. The van der Waals surface area contributed by atoms with Crippen LogP contribution in [0.2, 0.25) is 0 Å². The van der Waals surface area contributed by atoms with Crippen molar-refractivity contribution in [3.63, 3.8) is 0 Å². The van der Waals surface area contributed by atoms with Crippen molar-refractivity contribution >= 4 is 23.2 Å². The van der Waals surface area contributed by atoms with Gasteiger partial charge >= 0.3 is 5.97 Å². The number of aromatic nitrogens is 1. The van der Waals surface area contributed by atoms with Crippen LogP contribution < -0.4 is 5.32 Å². The monoisotopic (exact) mass is 296 g/mol. The molecule has 0 spiro atoms. The summed E-state index contributed by atoms with van der Waals surface area (Å²) in [7, 11) is 0. The van der Waals surface area contributed by atoms with Crippen molar-refractivity contribution in [2.75, 3.05) is 0 Å². The van der Waals surface area contributed by atoms with Gasteiger partial charge in [0, 0.05) is 24.4 Å². The van der Waals surface area contributed by atoms with Crippen molar-refractivity contribution < 1.29 is 14.7 Å². The number of carboxylic acid groups (broad SMARTS) is 1. The van der Waals surface area contributed by atoms with Crippen molar-refractivity contribution in [2.45, 2.75) is 51.0 Å². The van der Waals surface area contributed by atoms with Crippen LogP contribution in [-0.4, -0.2) is 27.5 Å². The van der Waals surface area contributed by atoms with Crippen molar-refractivity contribution in [2.24, 2.45) is 5.92 Å². The molecule has 0 unspecified atom stereocenters. The van der Waals surface area contributed by atoms with Gasteiger partial charge < -0.3 is 10.4 Å². The Morgan fingerprint density at radius 3 is 2.75 bits per heavy atom. The molecule has 0 saturated heterocycles. The molecule has 0 aromatic carbocycles. The lowest BCUT2D eigenvalue weighted by Gasteiger charge is -2.36. The lowest BCUT2D eigenvalue weighted by Crippen LogP contribution is -2.56. The summed E-state index contributed by atoms with van der Waals surface area (Å²) >= 11 is 1.51. The molecular formula is C14H20N2O3S. The van der Waals surface area contributed by atoms with Gasteiger partial charge in [-0.15, -0.1) is 11.3 Å². The lowest BCUT2D eigenvalue weighted by atomic mass is 9.77. The molecule has 1 amide bonds. The SMILES string of the molecule is CC1CCC(NC(=O)CCc2nccs2)(C(=O)O)CC1. The molecule has 20 heavy (non-hydrogen) atoms. The Balaban J connectivity index is 1.91. The fourth-order valence-electron chi connectivity index (χ4n) is 2.57. The van der Waals surface area contributed by atoms with Crippen LogP contribution in [0.4, 0.5) is 0 Å². The predicted octanol–water partition coefficient (Wildman–Crippen LogP) is 2.23. The third-order valence-corrected chi connectivity index (χ3v) is 4.80. The number of nitrogens with zero attached hydrogens (tertiary/aromatic N) is 1. The molecule has 1 aliphatic carbocycles. The third kappa shape index (κ3) is 3.56. The van der Waals surface area contributed by atoms with Crippen LogP contribution in [0.15, 0.2) is 11.6 Å². The van der Waals surface area contributed by atoms with Crippen molar-refractivity contribution in [3.8, 4) is 0 Å². The molecule has 2 rings (SSSR count). The van der Waals surface area contributed by atoms with Crippen LogP contribution in [0.3, 0.4) is 0 Å². The predicted molar refractivity (Wildman–Crippen MR) is 76.6 cm³/mol. The Labute approximate surface area is 122 Å². The highest BCUT2D eigenvalue weighted by molar-refractivity contribution is 7.09. The second-order valence-corrected chi connectivity index (χ2v) is 6.52. The van der Waals surface area contributed by atoms with E-state index in [1.54, 1.807) is 6.20 Å². The van der Waals surface area contributed by atoms with Crippen molar-refractivity contribution in [1.29, 1.82) is 0 Å². The van der Waals surface area contributed by atoms with E-state index in [0.29, 0.717) is 25.2 Å². The number of aryl methyl sites for hydroxylation is 1. The van der Waals surface area contributed by atoms with Crippen LogP contribution in [-0.2, 0) is 16.0 Å². The summed E-state index contributed by atoms with van der Waals surface area (Å²) < 4.78 is 0. The summed E-state index contributed by atoms with van der Waals surface area (Å²) in [6, 6.07) is 0. The molecule has 0 radical (unpaired) electrons. The van der Waals surface area contributed by atoms with Crippen LogP contribution in [0.5, 0.6) is 0 Å². The molecule has 0 aliphatic heterocycles. The molecule has 1 heterocycles. The molecule has 6 heteroatoms. The summed E-state index contributed by atoms with van der Waals surface area (Å²) in [4.78, 5) is 27.6. The van der Waals surface area contributed by atoms with Gasteiger partial charge in [0.2, 0.25) is 5.91 Å². The van der Waals surface area contributed by atoms with E-state index in [1.165, 1.54) is 11.3 Å². The van der Waals surface area contributed by atoms with Gasteiger partial charge in [0.1, 0.15) is 5.54 Å². The molecule has 0 bridgehead atoms. The Bertz CT molecular complexity index is 465. The minimum atomic E-state index is -1.06. The molecule has 0 atom stereocenters. The smallest absolute Gasteiger partial charge is 0.329 e. The fourth-order valence-corrected chi connectivity index (χ4v) is 3.19. The number of amides is 1.